The SMILES string of the molecule is O=C(O)C(COC(=O)C(Br)(Br)Br)COC(=O)C(Br)(Br)Br. The van der Waals surface area contributed by atoms with E-state index in [0.717, 1.165) is 0 Å². The topological polar surface area (TPSA) is 89.9 Å². The van der Waals surface area contributed by atoms with Crippen molar-refractivity contribution in [2.75, 3.05) is 13.2 Å². The average molecular weight is 678 g/mol. The van der Waals surface area contributed by atoms with Gasteiger partial charge >= 0.3 is 17.9 Å². The molecule has 0 amide bonds. The van der Waals surface area contributed by atoms with Crippen molar-refractivity contribution in [2.45, 2.75) is 4.29 Å². The Kier molecular flexibility index (Phi) is 9.37. The summed E-state index contributed by atoms with van der Waals surface area (Å²) in [5.74, 6) is -4.00. The van der Waals surface area contributed by atoms with Crippen LogP contribution in [0.4, 0.5) is 0 Å². The first-order chi connectivity index (χ1) is 8.85. The summed E-state index contributed by atoms with van der Waals surface area (Å²) in [7, 11) is 0. The van der Waals surface area contributed by atoms with Crippen molar-refractivity contribution in [3.8, 4) is 0 Å². The standard InChI is InChI=1S/C8H6Br6O6/c9-7(10,11)5(17)19-1-3(4(15)16)2-20-6(18)8(12,13)14/h3H,1-2H2,(H,15,16). The van der Waals surface area contributed by atoms with Gasteiger partial charge in [-0.15, -0.1) is 0 Å². The molecule has 0 unspecified atom stereocenters. The van der Waals surface area contributed by atoms with Gasteiger partial charge in [-0.25, -0.2) is 9.59 Å². The van der Waals surface area contributed by atoms with Gasteiger partial charge in [-0.05, 0) is 95.6 Å². The van der Waals surface area contributed by atoms with Gasteiger partial charge in [0.2, 0.25) is 4.29 Å². The van der Waals surface area contributed by atoms with Crippen LogP contribution in [0.25, 0.3) is 0 Å². The van der Waals surface area contributed by atoms with Gasteiger partial charge in [-0.3, -0.25) is 4.79 Å². The minimum absolute atomic E-state index is 0.453. The lowest BCUT2D eigenvalue weighted by atomic mass is 10.2. The number of halogens is 6. The lowest BCUT2D eigenvalue weighted by Gasteiger charge is -2.17. The molecule has 0 saturated heterocycles. The molecule has 0 heterocycles. The zero-order valence-electron chi connectivity index (χ0n) is 9.25. The summed E-state index contributed by atoms with van der Waals surface area (Å²) in [6, 6.07) is 0. The molecule has 20 heavy (non-hydrogen) atoms. The summed E-state index contributed by atoms with van der Waals surface area (Å²) in [4.78, 5) is 33.8. The van der Waals surface area contributed by atoms with E-state index in [1.54, 1.807) is 0 Å². The summed E-state index contributed by atoms with van der Waals surface area (Å²) < 4.78 is 6.95. The Balaban J connectivity index is 4.44. The highest BCUT2D eigenvalue weighted by Crippen LogP contribution is 2.35. The highest BCUT2D eigenvalue weighted by atomic mass is 80.0. The normalized spacial score (nSPS) is 12.2. The number of carboxylic acids is 1. The van der Waals surface area contributed by atoms with Crippen LogP contribution in [0, 0.1) is 5.92 Å². The Morgan fingerprint density at radius 1 is 0.850 bits per heavy atom. The lowest BCUT2D eigenvalue weighted by molar-refractivity contribution is -0.155. The number of rotatable bonds is 5. The van der Waals surface area contributed by atoms with Crippen molar-refractivity contribution in [3.05, 3.63) is 0 Å². The molecule has 116 valence electrons. The first-order valence-corrected chi connectivity index (χ1v) is 9.32. The fourth-order valence-electron chi connectivity index (χ4n) is 0.707. The predicted molar refractivity (Wildman–Crippen MR) is 92.1 cm³/mol. The van der Waals surface area contributed by atoms with Gasteiger partial charge in [0.1, 0.15) is 19.1 Å². The number of carboxylic acid groups (broad SMARTS) is 1. The molecule has 0 rings (SSSR count). The van der Waals surface area contributed by atoms with E-state index < -0.39 is 41.3 Å². The number of ether oxygens (including phenoxy) is 2. The monoisotopic (exact) mass is 672 g/mol. The quantitative estimate of drug-likeness (QED) is 0.355. The molecule has 0 aliphatic rings. The third kappa shape index (κ3) is 8.66. The molecule has 0 spiro atoms. The Labute approximate surface area is 164 Å². The van der Waals surface area contributed by atoms with Gasteiger partial charge in [-0.1, -0.05) is 0 Å². The zero-order valence-corrected chi connectivity index (χ0v) is 18.8. The van der Waals surface area contributed by atoms with E-state index in [4.69, 9.17) is 14.6 Å². The van der Waals surface area contributed by atoms with Crippen molar-refractivity contribution in [2.24, 2.45) is 5.92 Å². The maximum absolute atomic E-state index is 11.4. The minimum atomic E-state index is -1.29. The Bertz CT molecular complexity index is 356. The van der Waals surface area contributed by atoms with Crippen molar-refractivity contribution in [1.29, 1.82) is 0 Å². The summed E-state index contributed by atoms with van der Waals surface area (Å²) in [6.45, 7) is -0.905. The van der Waals surface area contributed by atoms with E-state index in [-0.39, 0.29) is 0 Å². The predicted octanol–water partition coefficient (Wildman–Crippen LogP) is 3.45. The molecule has 0 aliphatic heterocycles. The average Bonchev–Trinajstić information content (AvgIpc) is 2.24. The maximum atomic E-state index is 11.4. The van der Waals surface area contributed by atoms with Crippen LogP contribution in [-0.2, 0) is 23.9 Å². The number of aliphatic carboxylic acids is 1. The zero-order chi connectivity index (χ0) is 16.1. The summed E-state index contributed by atoms with van der Waals surface area (Å²) in [5.41, 5.74) is 0. The molecule has 0 bridgehead atoms. The van der Waals surface area contributed by atoms with Crippen LogP contribution in [0.5, 0.6) is 0 Å². The fraction of sp³-hybridized carbons (Fsp3) is 0.625. The lowest BCUT2D eigenvalue weighted by Crippen LogP contribution is -2.32. The molecular weight excluding hydrogens is 672 g/mol. The van der Waals surface area contributed by atoms with Gasteiger partial charge in [0.05, 0.1) is 0 Å². The van der Waals surface area contributed by atoms with Crippen molar-refractivity contribution >= 4 is 113 Å². The van der Waals surface area contributed by atoms with E-state index in [1.165, 1.54) is 0 Å². The molecular formula is C8H6Br6O6. The molecule has 0 radical (unpaired) electrons. The van der Waals surface area contributed by atoms with E-state index in [9.17, 15) is 14.4 Å². The second-order valence-electron chi connectivity index (χ2n) is 3.23. The van der Waals surface area contributed by atoms with Crippen molar-refractivity contribution < 1.29 is 29.0 Å². The van der Waals surface area contributed by atoms with Crippen LogP contribution in [0.2, 0.25) is 0 Å². The summed E-state index contributed by atoms with van der Waals surface area (Å²) in [5, 5.41) is 8.95. The molecule has 12 heteroatoms. The number of hydrogen-bond acceptors (Lipinski definition) is 5. The minimum Gasteiger partial charge on any atom is -0.481 e. The highest BCUT2D eigenvalue weighted by molar-refractivity contribution is 9.40. The fourth-order valence-corrected chi connectivity index (χ4v) is 1.39. The van der Waals surface area contributed by atoms with Crippen molar-refractivity contribution in [1.82, 2.24) is 0 Å². The maximum Gasteiger partial charge on any atom is 0.344 e. The van der Waals surface area contributed by atoms with Crippen LogP contribution >= 0.6 is 95.6 Å². The van der Waals surface area contributed by atoms with Crippen molar-refractivity contribution in [3.63, 3.8) is 0 Å². The molecule has 0 aliphatic carbocycles. The number of alkyl halides is 6. The molecule has 0 aromatic heterocycles. The smallest absolute Gasteiger partial charge is 0.344 e. The molecule has 0 aromatic rings. The van der Waals surface area contributed by atoms with Crippen LogP contribution in [0.15, 0.2) is 0 Å². The van der Waals surface area contributed by atoms with Gasteiger partial charge in [0, 0.05) is 0 Å². The third-order valence-electron chi connectivity index (χ3n) is 1.64. The van der Waals surface area contributed by atoms with Crippen LogP contribution in [0.1, 0.15) is 0 Å². The van der Waals surface area contributed by atoms with E-state index in [0.29, 0.717) is 0 Å². The second-order valence-corrected chi connectivity index (χ2v) is 16.7. The summed E-state index contributed by atoms with van der Waals surface area (Å²) in [6.07, 6.45) is 0. The Morgan fingerprint density at radius 2 is 1.15 bits per heavy atom. The Hall–Kier alpha value is 1.29. The van der Waals surface area contributed by atoms with Crippen LogP contribution < -0.4 is 0 Å². The van der Waals surface area contributed by atoms with Gasteiger partial charge < -0.3 is 14.6 Å². The van der Waals surface area contributed by atoms with Crippen LogP contribution in [-0.4, -0.2) is 40.5 Å². The highest BCUT2D eigenvalue weighted by Gasteiger charge is 2.34. The molecule has 1 N–H and O–H groups in total. The number of carbonyl (C=O) groups is 3. The molecule has 6 nitrogen and oxygen atoms in total. The largest absolute Gasteiger partial charge is 0.481 e. The van der Waals surface area contributed by atoms with E-state index in [2.05, 4.69) is 95.6 Å². The van der Waals surface area contributed by atoms with Gasteiger partial charge in [0.25, 0.3) is 0 Å². The van der Waals surface area contributed by atoms with E-state index >= 15 is 0 Å². The van der Waals surface area contributed by atoms with Gasteiger partial charge in [-0.2, -0.15) is 0 Å². The van der Waals surface area contributed by atoms with Gasteiger partial charge in [0.15, 0.2) is 0 Å². The second kappa shape index (κ2) is 8.80. The molecule has 0 atom stereocenters. The molecule has 0 saturated carbocycles. The summed E-state index contributed by atoms with van der Waals surface area (Å²) >= 11 is 17.6. The molecule has 0 fully saturated rings. The third-order valence-corrected chi connectivity index (χ3v) is 3.59. The van der Waals surface area contributed by atoms with Crippen LogP contribution in [0.3, 0.4) is 0 Å². The number of esters is 2. The van der Waals surface area contributed by atoms with E-state index in [1.807, 2.05) is 0 Å². The molecule has 0 aromatic carbocycles. The Morgan fingerprint density at radius 3 is 1.35 bits per heavy atom. The number of hydrogen-bond donors (Lipinski definition) is 1. The first kappa shape index (κ1) is 21.3. The first-order valence-electron chi connectivity index (χ1n) is 4.56. The number of carbonyl (C=O) groups excluding carboxylic acids is 2.